The summed E-state index contributed by atoms with van der Waals surface area (Å²) < 4.78 is 27.4. The van der Waals surface area contributed by atoms with Crippen molar-refractivity contribution in [2.45, 2.75) is 70.6 Å². The molecule has 196 valence electrons. The second-order valence-corrected chi connectivity index (χ2v) is 10.00. The number of amides is 2. The van der Waals surface area contributed by atoms with Crippen LogP contribution in [-0.2, 0) is 21.5 Å². The topological polar surface area (TPSA) is 81.7 Å². The van der Waals surface area contributed by atoms with E-state index in [0.29, 0.717) is 31.0 Å². The second kappa shape index (κ2) is 11.9. The van der Waals surface area contributed by atoms with Gasteiger partial charge in [-0.2, -0.15) is 0 Å². The fourth-order valence-corrected chi connectivity index (χ4v) is 4.91. The Hall–Kier alpha value is -2.84. The number of carbonyl (C=O) groups is 2. The molecule has 0 aromatic heterocycles. The van der Waals surface area contributed by atoms with Gasteiger partial charge in [0.25, 0.3) is 0 Å². The van der Waals surface area contributed by atoms with Crippen LogP contribution in [0.3, 0.4) is 0 Å². The summed E-state index contributed by atoms with van der Waals surface area (Å²) in [7, 11) is 0. The zero-order chi connectivity index (χ0) is 26.5. The van der Waals surface area contributed by atoms with Crippen LogP contribution in [0, 0.1) is 11.6 Å². The number of piperidine rings is 1. The number of nitrogens with one attached hydrogen (secondary N) is 2. The quantitative estimate of drug-likeness (QED) is 0.465. The van der Waals surface area contributed by atoms with Gasteiger partial charge in [-0.05, 0) is 54.5 Å². The zero-order valence-corrected chi connectivity index (χ0v) is 21.5. The van der Waals surface area contributed by atoms with E-state index >= 15 is 0 Å². The lowest BCUT2D eigenvalue weighted by Crippen LogP contribution is -2.57. The Kier molecular flexibility index (Phi) is 9.19. The molecule has 1 heterocycles. The summed E-state index contributed by atoms with van der Waals surface area (Å²) in [6.07, 6.45) is -0.102. The van der Waals surface area contributed by atoms with Crippen LogP contribution in [0.25, 0.3) is 0 Å². The molecule has 6 nitrogen and oxygen atoms in total. The molecule has 3 N–H and O–H groups in total. The summed E-state index contributed by atoms with van der Waals surface area (Å²) in [5.74, 6) is -1.44. The number of nitrogens with zero attached hydrogens (tertiary/aromatic N) is 1. The highest BCUT2D eigenvalue weighted by molar-refractivity contribution is 5.79. The first-order valence-corrected chi connectivity index (χ1v) is 12.6. The van der Waals surface area contributed by atoms with Gasteiger partial charge in [0, 0.05) is 39.0 Å². The average Bonchev–Trinajstić information content (AvgIpc) is 2.81. The average molecular weight is 502 g/mol. The Balaban J connectivity index is 1.85. The Morgan fingerprint density at radius 1 is 1.17 bits per heavy atom. The molecule has 0 bridgehead atoms. The molecular formula is C28H37F2N3O3. The molecule has 1 saturated heterocycles. The molecule has 1 aliphatic rings. The summed E-state index contributed by atoms with van der Waals surface area (Å²) >= 11 is 0. The molecule has 2 aromatic rings. The molecule has 0 unspecified atom stereocenters. The minimum absolute atomic E-state index is 0.0364. The zero-order valence-electron chi connectivity index (χ0n) is 21.5. The lowest BCUT2D eigenvalue weighted by molar-refractivity contribution is -0.136. The van der Waals surface area contributed by atoms with Crippen LogP contribution in [0.15, 0.2) is 42.5 Å². The molecule has 36 heavy (non-hydrogen) atoms. The minimum atomic E-state index is -1.07. The van der Waals surface area contributed by atoms with Gasteiger partial charge in [-0.25, -0.2) is 8.78 Å². The van der Waals surface area contributed by atoms with Crippen LogP contribution < -0.4 is 10.6 Å². The van der Waals surface area contributed by atoms with Crippen molar-refractivity contribution >= 4 is 11.8 Å². The molecule has 0 aliphatic carbocycles. The van der Waals surface area contributed by atoms with Gasteiger partial charge in [-0.3, -0.25) is 9.59 Å². The molecule has 3 rings (SSSR count). The Morgan fingerprint density at radius 3 is 2.44 bits per heavy atom. The third-order valence-corrected chi connectivity index (χ3v) is 6.98. The molecule has 2 aromatic carbocycles. The normalized spacial score (nSPS) is 19.9. The number of aliphatic hydroxyl groups excluding tert-OH is 1. The molecule has 2 amide bonds. The molecule has 1 aliphatic heterocycles. The van der Waals surface area contributed by atoms with Crippen molar-refractivity contribution in [3.05, 3.63) is 70.8 Å². The van der Waals surface area contributed by atoms with Crippen LogP contribution in [0.4, 0.5) is 8.78 Å². The maximum absolute atomic E-state index is 13.7. The highest BCUT2D eigenvalue weighted by Crippen LogP contribution is 2.35. The largest absolute Gasteiger partial charge is 0.390 e. The van der Waals surface area contributed by atoms with E-state index in [2.05, 4.69) is 36.6 Å². The van der Waals surface area contributed by atoms with Gasteiger partial charge >= 0.3 is 0 Å². The van der Waals surface area contributed by atoms with E-state index in [0.717, 1.165) is 17.2 Å². The smallest absolute Gasteiger partial charge is 0.224 e. The predicted molar refractivity (Wildman–Crippen MR) is 135 cm³/mol. The van der Waals surface area contributed by atoms with Gasteiger partial charge in [0.1, 0.15) is 11.6 Å². The molecule has 0 radical (unpaired) electrons. The van der Waals surface area contributed by atoms with Crippen molar-refractivity contribution in [1.29, 1.82) is 0 Å². The summed E-state index contributed by atoms with van der Waals surface area (Å²) in [5.41, 5.74) is 1.79. The van der Waals surface area contributed by atoms with E-state index in [9.17, 15) is 23.5 Å². The molecular weight excluding hydrogens is 464 g/mol. The maximum Gasteiger partial charge on any atom is 0.224 e. The van der Waals surface area contributed by atoms with Gasteiger partial charge in [0.05, 0.1) is 17.7 Å². The van der Waals surface area contributed by atoms with Crippen LogP contribution in [0.5, 0.6) is 0 Å². The van der Waals surface area contributed by atoms with Crippen molar-refractivity contribution < 1.29 is 23.5 Å². The van der Waals surface area contributed by atoms with Crippen LogP contribution in [-0.4, -0.2) is 53.6 Å². The number of carbonyl (C=O) groups excluding carboxylic acids is 2. The number of hydrogen-bond donors (Lipinski definition) is 3. The molecule has 3 atom stereocenters. The molecule has 0 saturated carbocycles. The van der Waals surface area contributed by atoms with Crippen LogP contribution in [0.2, 0.25) is 0 Å². The number of likely N-dealkylation sites (tertiary alicyclic amines) is 1. The van der Waals surface area contributed by atoms with Crippen molar-refractivity contribution in [1.82, 2.24) is 15.5 Å². The van der Waals surface area contributed by atoms with Gasteiger partial charge in [-0.15, -0.1) is 0 Å². The fourth-order valence-electron chi connectivity index (χ4n) is 4.91. The molecule has 8 heteroatoms. The fraction of sp³-hybridized carbons (Fsp3) is 0.500. The van der Waals surface area contributed by atoms with E-state index in [-0.39, 0.29) is 31.2 Å². The standard InChI is InChI=1S/C28H37F2N3O3/c1-5-33-10-9-28(16-27(33)36,22-8-6-7-21(14-22)18(2)3)31-17-26(35)25(32-19(4)34)13-20-11-23(29)15-24(30)12-20/h6-8,11-12,14-15,18,25-26,31,35H,5,9-10,13,16-17H2,1-4H3,(H,32,34)/t25-,26+,28+/m0/s1. The van der Waals surface area contributed by atoms with Crippen molar-refractivity contribution in [3.63, 3.8) is 0 Å². The lowest BCUT2D eigenvalue weighted by Gasteiger charge is -2.43. The number of hydrogen-bond acceptors (Lipinski definition) is 4. The number of rotatable bonds is 10. The first-order valence-electron chi connectivity index (χ1n) is 12.6. The predicted octanol–water partition coefficient (Wildman–Crippen LogP) is 3.62. The number of benzene rings is 2. The minimum Gasteiger partial charge on any atom is -0.390 e. The Labute approximate surface area is 212 Å². The van der Waals surface area contributed by atoms with E-state index in [1.165, 1.54) is 19.1 Å². The highest BCUT2D eigenvalue weighted by Gasteiger charge is 2.40. The summed E-state index contributed by atoms with van der Waals surface area (Å²) in [6, 6.07) is 10.5. The highest BCUT2D eigenvalue weighted by atomic mass is 19.1. The Morgan fingerprint density at radius 2 is 1.86 bits per heavy atom. The molecule has 1 fully saturated rings. The van der Waals surface area contributed by atoms with Gasteiger partial charge in [0.15, 0.2) is 0 Å². The lowest BCUT2D eigenvalue weighted by atomic mass is 9.79. The summed E-state index contributed by atoms with van der Waals surface area (Å²) in [5, 5.41) is 17.3. The van der Waals surface area contributed by atoms with E-state index in [1.54, 1.807) is 0 Å². The first-order chi connectivity index (χ1) is 17.0. The molecule has 0 spiro atoms. The van der Waals surface area contributed by atoms with E-state index in [4.69, 9.17) is 0 Å². The van der Waals surface area contributed by atoms with Gasteiger partial charge < -0.3 is 20.6 Å². The SMILES string of the molecule is CCN1CC[C@](NC[C@@H](O)[C@H](Cc2cc(F)cc(F)c2)NC(C)=O)(c2cccc(C(C)C)c2)CC1=O. The van der Waals surface area contributed by atoms with E-state index in [1.807, 2.05) is 24.0 Å². The van der Waals surface area contributed by atoms with Crippen LogP contribution >= 0.6 is 0 Å². The van der Waals surface area contributed by atoms with Gasteiger partial charge in [0.2, 0.25) is 11.8 Å². The van der Waals surface area contributed by atoms with E-state index < -0.39 is 29.3 Å². The van der Waals surface area contributed by atoms with Crippen molar-refractivity contribution in [2.75, 3.05) is 19.6 Å². The summed E-state index contributed by atoms with van der Waals surface area (Å²) in [6.45, 7) is 8.81. The second-order valence-electron chi connectivity index (χ2n) is 10.00. The summed E-state index contributed by atoms with van der Waals surface area (Å²) in [4.78, 5) is 26.6. The van der Waals surface area contributed by atoms with Crippen molar-refractivity contribution in [2.24, 2.45) is 0 Å². The number of aliphatic hydroxyl groups is 1. The maximum atomic E-state index is 13.7. The van der Waals surface area contributed by atoms with Gasteiger partial charge in [-0.1, -0.05) is 38.1 Å². The monoisotopic (exact) mass is 501 g/mol. The van der Waals surface area contributed by atoms with Crippen LogP contribution in [0.1, 0.15) is 63.1 Å². The first kappa shape index (κ1) is 27.7. The Bertz CT molecular complexity index is 1060. The van der Waals surface area contributed by atoms with Crippen molar-refractivity contribution in [3.8, 4) is 0 Å². The number of halogens is 2. The third-order valence-electron chi connectivity index (χ3n) is 6.98. The third kappa shape index (κ3) is 6.89.